The maximum absolute atomic E-state index is 5.46. The van der Waals surface area contributed by atoms with Gasteiger partial charge in [-0.15, -0.1) is 0 Å². The Morgan fingerprint density at radius 1 is 1.23 bits per heavy atom. The van der Waals surface area contributed by atoms with Crippen molar-refractivity contribution in [1.82, 2.24) is 14.3 Å². The van der Waals surface area contributed by atoms with Gasteiger partial charge in [0.1, 0.15) is 0 Å². The third-order valence-electron chi connectivity index (χ3n) is 4.31. The maximum atomic E-state index is 5.46. The van der Waals surface area contributed by atoms with Gasteiger partial charge >= 0.3 is 0 Å². The van der Waals surface area contributed by atoms with Crippen LogP contribution in [0.15, 0.2) is 24.4 Å². The zero-order chi connectivity index (χ0) is 14.7. The van der Waals surface area contributed by atoms with E-state index in [1.807, 2.05) is 18.2 Å². The van der Waals surface area contributed by atoms with Crippen molar-refractivity contribution in [2.24, 2.45) is 0 Å². The van der Waals surface area contributed by atoms with Crippen LogP contribution in [0.2, 0.25) is 0 Å². The van der Waals surface area contributed by atoms with Crippen LogP contribution < -0.4 is 9.47 Å². The minimum absolute atomic E-state index is 0.304. The molecule has 2 aliphatic rings. The largest absolute Gasteiger partial charge is 0.454 e. The lowest BCUT2D eigenvalue weighted by molar-refractivity contribution is 0.174. The molecule has 2 aliphatic heterocycles. The summed E-state index contributed by atoms with van der Waals surface area (Å²) in [7, 11) is 2.17. The lowest BCUT2D eigenvalue weighted by Gasteiger charge is -2.21. The molecule has 0 unspecified atom stereocenters. The number of hydrogen-bond donors (Lipinski definition) is 0. The SMILES string of the molecule is CN1CCc2c(sc3nc(-c4ccc5c(c4)OCO5)cn23)C1. The number of imidazole rings is 1. The van der Waals surface area contributed by atoms with Crippen LogP contribution in [0.3, 0.4) is 0 Å². The van der Waals surface area contributed by atoms with E-state index in [-0.39, 0.29) is 0 Å². The second-order valence-corrected chi connectivity index (χ2v) is 6.87. The number of nitrogens with zero attached hydrogens (tertiary/aromatic N) is 3. The highest BCUT2D eigenvalue weighted by Gasteiger charge is 2.21. The summed E-state index contributed by atoms with van der Waals surface area (Å²) in [6.45, 7) is 2.44. The van der Waals surface area contributed by atoms with E-state index >= 15 is 0 Å². The maximum Gasteiger partial charge on any atom is 0.231 e. The van der Waals surface area contributed by atoms with Crippen LogP contribution in [0.1, 0.15) is 10.6 Å². The Bertz CT molecular complexity index is 883. The van der Waals surface area contributed by atoms with Crippen molar-refractivity contribution in [3.8, 4) is 22.8 Å². The van der Waals surface area contributed by atoms with Crippen LogP contribution in [0, 0.1) is 0 Å². The van der Waals surface area contributed by atoms with Crippen LogP contribution in [-0.2, 0) is 13.0 Å². The number of rotatable bonds is 1. The van der Waals surface area contributed by atoms with E-state index in [2.05, 4.69) is 22.5 Å². The summed E-state index contributed by atoms with van der Waals surface area (Å²) in [6, 6.07) is 6.00. The zero-order valence-electron chi connectivity index (χ0n) is 12.2. The summed E-state index contributed by atoms with van der Waals surface area (Å²) in [6.07, 6.45) is 3.23. The van der Waals surface area contributed by atoms with Crippen molar-refractivity contribution in [2.75, 3.05) is 20.4 Å². The molecule has 2 aromatic heterocycles. The van der Waals surface area contributed by atoms with Gasteiger partial charge in [-0.3, -0.25) is 4.40 Å². The predicted octanol–water partition coefficient (Wildman–Crippen LogP) is 2.78. The standard InChI is InChI=1S/C16H15N3O2S/c1-18-5-4-12-15(8-18)22-16-17-11(7-19(12)16)10-2-3-13-14(6-10)21-9-20-13/h2-3,6-7H,4-5,8-9H2,1H3. The molecule has 6 heteroatoms. The first-order chi connectivity index (χ1) is 10.8. The summed E-state index contributed by atoms with van der Waals surface area (Å²) in [5, 5.41) is 0. The van der Waals surface area contributed by atoms with Crippen molar-refractivity contribution in [1.29, 1.82) is 0 Å². The van der Waals surface area contributed by atoms with Crippen molar-refractivity contribution in [2.45, 2.75) is 13.0 Å². The summed E-state index contributed by atoms with van der Waals surface area (Å²) < 4.78 is 13.1. The second kappa shape index (κ2) is 4.47. The Balaban J connectivity index is 1.60. The van der Waals surface area contributed by atoms with Crippen LogP contribution in [0.25, 0.3) is 16.2 Å². The smallest absolute Gasteiger partial charge is 0.231 e. The zero-order valence-corrected chi connectivity index (χ0v) is 13.0. The Hall–Kier alpha value is -2.05. The Labute approximate surface area is 131 Å². The second-order valence-electron chi connectivity index (χ2n) is 5.81. The number of likely N-dealkylation sites (N-methyl/N-ethyl adjacent to an activating group) is 1. The highest BCUT2D eigenvalue weighted by molar-refractivity contribution is 7.17. The van der Waals surface area contributed by atoms with E-state index in [1.165, 1.54) is 10.6 Å². The van der Waals surface area contributed by atoms with Crippen molar-refractivity contribution >= 4 is 16.3 Å². The van der Waals surface area contributed by atoms with E-state index in [0.717, 1.165) is 47.2 Å². The predicted molar refractivity (Wildman–Crippen MR) is 84.7 cm³/mol. The topological polar surface area (TPSA) is 39.0 Å². The summed E-state index contributed by atoms with van der Waals surface area (Å²) in [5.41, 5.74) is 3.48. The fourth-order valence-corrected chi connectivity index (χ4v) is 4.36. The van der Waals surface area contributed by atoms with Gasteiger partial charge < -0.3 is 14.4 Å². The number of ether oxygens (including phenoxy) is 2. The molecular weight excluding hydrogens is 298 g/mol. The Morgan fingerprint density at radius 2 is 2.14 bits per heavy atom. The van der Waals surface area contributed by atoms with Gasteiger partial charge in [0.15, 0.2) is 16.5 Å². The van der Waals surface area contributed by atoms with Crippen LogP contribution >= 0.6 is 11.3 Å². The minimum atomic E-state index is 0.304. The number of hydrogen-bond acceptors (Lipinski definition) is 5. The fourth-order valence-electron chi connectivity index (χ4n) is 3.13. The molecule has 0 saturated heterocycles. The van der Waals surface area contributed by atoms with Gasteiger partial charge in [-0.05, 0) is 25.2 Å². The minimum Gasteiger partial charge on any atom is -0.454 e. The molecule has 0 radical (unpaired) electrons. The molecule has 5 nitrogen and oxygen atoms in total. The summed E-state index contributed by atoms with van der Waals surface area (Å²) in [4.78, 5) is 9.68. The Morgan fingerprint density at radius 3 is 3.09 bits per heavy atom. The van der Waals surface area contributed by atoms with Gasteiger partial charge in [-0.2, -0.15) is 0 Å². The lowest BCUT2D eigenvalue weighted by atomic mass is 10.1. The molecule has 0 bridgehead atoms. The first-order valence-corrected chi connectivity index (χ1v) is 8.18. The molecule has 3 aromatic rings. The number of fused-ring (bicyclic) bond motifs is 4. The molecule has 22 heavy (non-hydrogen) atoms. The fraction of sp³-hybridized carbons (Fsp3) is 0.312. The average molecular weight is 313 g/mol. The molecule has 0 spiro atoms. The van der Waals surface area contributed by atoms with E-state index in [4.69, 9.17) is 14.5 Å². The van der Waals surface area contributed by atoms with Crippen molar-refractivity contribution in [3.63, 3.8) is 0 Å². The van der Waals surface area contributed by atoms with E-state index in [1.54, 1.807) is 11.3 Å². The van der Waals surface area contributed by atoms with E-state index in [9.17, 15) is 0 Å². The van der Waals surface area contributed by atoms with Crippen molar-refractivity contribution < 1.29 is 9.47 Å². The number of aromatic nitrogens is 2. The number of thiazole rings is 1. The van der Waals surface area contributed by atoms with Gasteiger partial charge in [0.05, 0.1) is 5.69 Å². The van der Waals surface area contributed by atoms with Gasteiger partial charge in [-0.1, -0.05) is 11.3 Å². The molecule has 0 fully saturated rings. The molecule has 0 N–H and O–H groups in total. The van der Waals surface area contributed by atoms with E-state index < -0.39 is 0 Å². The van der Waals surface area contributed by atoms with E-state index in [0.29, 0.717) is 6.79 Å². The highest BCUT2D eigenvalue weighted by Crippen LogP contribution is 2.37. The van der Waals surface area contributed by atoms with Crippen molar-refractivity contribution in [3.05, 3.63) is 35.0 Å². The molecular formula is C16H15N3O2S. The summed E-state index contributed by atoms with van der Waals surface area (Å²) >= 11 is 1.80. The molecule has 1 aromatic carbocycles. The first kappa shape index (κ1) is 12.5. The van der Waals surface area contributed by atoms with Crippen LogP contribution in [0.5, 0.6) is 11.5 Å². The van der Waals surface area contributed by atoms with Gasteiger partial charge in [-0.25, -0.2) is 4.98 Å². The molecule has 0 amide bonds. The molecule has 0 aliphatic carbocycles. The summed E-state index contributed by atoms with van der Waals surface area (Å²) in [5.74, 6) is 1.61. The van der Waals surface area contributed by atoms with Gasteiger partial charge in [0, 0.05) is 41.8 Å². The number of benzene rings is 1. The third kappa shape index (κ3) is 1.77. The highest BCUT2D eigenvalue weighted by atomic mass is 32.1. The van der Waals surface area contributed by atoms with Crippen LogP contribution in [0.4, 0.5) is 0 Å². The Kier molecular flexibility index (Phi) is 2.54. The monoisotopic (exact) mass is 313 g/mol. The molecule has 0 atom stereocenters. The molecule has 112 valence electrons. The quantitative estimate of drug-likeness (QED) is 0.692. The first-order valence-electron chi connectivity index (χ1n) is 7.36. The van der Waals surface area contributed by atoms with Gasteiger partial charge in [0.25, 0.3) is 0 Å². The third-order valence-corrected chi connectivity index (χ3v) is 5.39. The molecule has 5 rings (SSSR count). The van der Waals surface area contributed by atoms with Gasteiger partial charge in [0.2, 0.25) is 6.79 Å². The lowest BCUT2D eigenvalue weighted by Crippen LogP contribution is -2.26. The van der Waals surface area contributed by atoms with Crippen LogP contribution in [-0.4, -0.2) is 34.7 Å². The molecule has 0 saturated carbocycles. The normalized spacial score (nSPS) is 17.1. The average Bonchev–Trinajstić information content (AvgIpc) is 3.19. The molecule has 4 heterocycles.